The Kier molecular flexibility index (Phi) is 1.16. The summed E-state index contributed by atoms with van der Waals surface area (Å²) in [6.07, 6.45) is 0. The Labute approximate surface area is 51.2 Å². The van der Waals surface area contributed by atoms with Crippen LogP contribution in [0.25, 0.3) is 0 Å². The van der Waals surface area contributed by atoms with Crippen LogP contribution in [0.5, 0.6) is 0 Å². The molecule has 1 aliphatic rings. The van der Waals surface area contributed by atoms with E-state index >= 15 is 0 Å². The predicted molar refractivity (Wildman–Crippen MR) is 35.6 cm³/mol. The van der Waals surface area contributed by atoms with E-state index in [1.807, 2.05) is 0 Å². The second-order valence-electron chi connectivity index (χ2n) is 3.18. The second-order valence-corrected chi connectivity index (χ2v) is 3.18. The molecule has 0 aromatic carbocycles. The molecule has 1 heterocycles. The molecule has 1 saturated heterocycles. The highest BCUT2D eigenvalue weighted by Gasteiger charge is 2.36. The minimum absolute atomic E-state index is 1.18. The van der Waals surface area contributed by atoms with E-state index in [1.165, 1.54) is 29.7 Å². The van der Waals surface area contributed by atoms with Crippen LogP contribution < -0.4 is 0 Å². The Morgan fingerprint density at radius 3 is 2.25 bits per heavy atom. The van der Waals surface area contributed by atoms with Crippen molar-refractivity contribution in [2.75, 3.05) is 26.7 Å². The van der Waals surface area contributed by atoms with Crippen LogP contribution in [0.1, 0.15) is 6.92 Å². The molecule has 0 saturated carbocycles. The van der Waals surface area contributed by atoms with Crippen LogP contribution in [-0.4, -0.2) is 31.2 Å². The Morgan fingerprint density at radius 1 is 1.62 bits per heavy atom. The van der Waals surface area contributed by atoms with Gasteiger partial charge in [-0.3, -0.25) is 0 Å². The van der Waals surface area contributed by atoms with Crippen LogP contribution in [0.15, 0.2) is 12.2 Å². The van der Waals surface area contributed by atoms with Crippen molar-refractivity contribution < 1.29 is 4.48 Å². The minimum Gasteiger partial charge on any atom is -0.313 e. The van der Waals surface area contributed by atoms with Crippen LogP contribution in [0, 0.1) is 0 Å². The summed E-state index contributed by atoms with van der Waals surface area (Å²) in [6, 6.07) is 0. The molecule has 0 unspecified atom stereocenters. The highest BCUT2D eigenvalue weighted by molar-refractivity contribution is 4.89. The molecule has 1 heteroatoms. The van der Waals surface area contributed by atoms with Gasteiger partial charge in [-0.2, -0.15) is 0 Å². The summed E-state index contributed by atoms with van der Waals surface area (Å²) in [7, 11) is 2.27. The first-order chi connectivity index (χ1) is 3.62. The fourth-order valence-electron chi connectivity index (χ4n) is 0.980. The number of hydrogen-bond acceptors (Lipinski definition) is 0. The van der Waals surface area contributed by atoms with Gasteiger partial charge in [0.25, 0.3) is 0 Å². The summed E-state index contributed by atoms with van der Waals surface area (Å²) in [5, 5.41) is 0. The zero-order valence-corrected chi connectivity index (χ0v) is 5.78. The smallest absolute Gasteiger partial charge is 0.129 e. The molecule has 0 amide bonds. The summed E-state index contributed by atoms with van der Waals surface area (Å²) in [5.41, 5.74) is 1.31. The molecule has 0 atom stereocenters. The predicted octanol–water partition coefficient (Wildman–Crippen LogP) is 1.02. The first-order valence-electron chi connectivity index (χ1n) is 3.10. The maximum atomic E-state index is 3.86. The number of nitrogens with zero attached hydrogens (tertiary/aromatic N) is 1. The molecule has 0 aliphatic carbocycles. The van der Waals surface area contributed by atoms with Crippen molar-refractivity contribution in [3.05, 3.63) is 12.2 Å². The molecule has 0 bridgehead atoms. The summed E-state index contributed by atoms with van der Waals surface area (Å²) in [6.45, 7) is 9.85. The molecule has 0 radical (unpaired) electrons. The van der Waals surface area contributed by atoms with E-state index in [4.69, 9.17) is 0 Å². The minimum atomic E-state index is 1.18. The lowest BCUT2D eigenvalue weighted by Crippen LogP contribution is -2.21. The van der Waals surface area contributed by atoms with Gasteiger partial charge in [0, 0.05) is 0 Å². The third-order valence-corrected chi connectivity index (χ3v) is 1.64. The molecule has 0 spiro atoms. The fraction of sp³-hybridized carbons (Fsp3) is 0.714. The molecule has 8 heavy (non-hydrogen) atoms. The largest absolute Gasteiger partial charge is 0.313 e. The Morgan fingerprint density at radius 2 is 2.12 bits per heavy atom. The van der Waals surface area contributed by atoms with Crippen LogP contribution in [0.3, 0.4) is 0 Å². The lowest BCUT2D eigenvalue weighted by molar-refractivity contribution is -0.771. The summed E-state index contributed by atoms with van der Waals surface area (Å²) >= 11 is 0. The number of likely N-dealkylation sites (N-methyl/N-ethyl adjacent to an activating group) is 1. The van der Waals surface area contributed by atoms with Gasteiger partial charge in [-0.05, 0) is 12.5 Å². The summed E-state index contributed by atoms with van der Waals surface area (Å²) in [4.78, 5) is 0. The molecule has 0 aromatic rings. The summed E-state index contributed by atoms with van der Waals surface area (Å²) in [5.74, 6) is 0. The first-order valence-corrected chi connectivity index (χ1v) is 3.10. The van der Waals surface area contributed by atoms with E-state index in [2.05, 4.69) is 20.6 Å². The third-order valence-electron chi connectivity index (χ3n) is 1.64. The third kappa shape index (κ3) is 1.34. The van der Waals surface area contributed by atoms with Gasteiger partial charge in [0.05, 0.1) is 13.6 Å². The Bertz CT molecular complexity index is 112. The molecule has 0 N–H and O–H groups in total. The molecule has 46 valence electrons. The maximum absolute atomic E-state index is 3.86. The molecular formula is C7H14N+. The van der Waals surface area contributed by atoms with Crippen molar-refractivity contribution in [1.29, 1.82) is 0 Å². The monoisotopic (exact) mass is 112 g/mol. The quantitative estimate of drug-likeness (QED) is 0.284. The van der Waals surface area contributed by atoms with Gasteiger partial charge in [0.2, 0.25) is 0 Å². The van der Waals surface area contributed by atoms with E-state index < -0.39 is 0 Å². The van der Waals surface area contributed by atoms with Crippen molar-refractivity contribution in [2.45, 2.75) is 6.92 Å². The number of hydrogen-bond donors (Lipinski definition) is 0. The average Bonchev–Trinajstić information content (AvgIpc) is 2.17. The zero-order chi connectivity index (χ0) is 6.20. The van der Waals surface area contributed by atoms with E-state index in [0.717, 1.165) is 0 Å². The van der Waals surface area contributed by atoms with Gasteiger partial charge in [-0.15, -0.1) is 0 Å². The summed E-state index contributed by atoms with van der Waals surface area (Å²) < 4.78 is 1.23. The van der Waals surface area contributed by atoms with Crippen LogP contribution in [0.2, 0.25) is 0 Å². The van der Waals surface area contributed by atoms with E-state index in [-0.39, 0.29) is 0 Å². The van der Waals surface area contributed by atoms with Crippen molar-refractivity contribution in [3.8, 4) is 0 Å². The van der Waals surface area contributed by atoms with Gasteiger partial charge >= 0.3 is 0 Å². The number of quaternary nitrogens is 1. The lowest BCUT2D eigenvalue weighted by Gasteiger charge is -2.09. The van der Waals surface area contributed by atoms with Gasteiger partial charge < -0.3 is 4.48 Å². The van der Waals surface area contributed by atoms with Crippen molar-refractivity contribution in [3.63, 3.8) is 0 Å². The van der Waals surface area contributed by atoms with E-state index in [1.54, 1.807) is 0 Å². The average molecular weight is 112 g/mol. The van der Waals surface area contributed by atoms with Crippen molar-refractivity contribution in [1.82, 2.24) is 0 Å². The van der Waals surface area contributed by atoms with Gasteiger partial charge in [0.15, 0.2) is 0 Å². The topological polar surface area (TPSA) is 0 Å². The van der Waals surface area contributed by atoms with Crippen molar-refractivity contribution >= 4 is 0 Å². The Hall–Kier alpha value is -0.300. The molecule has 1 fully saturated rings. The molecular weight excluding hydrogens is 98.1 g/mol. The van der Waals surface area contributed by atoms with E-state index in [0.29, 0.717) is 0 Å². The second kappa shape index (κ2) is 1.59. The normalized spacial score (nSPS) is 22.8. The zero-order valence-electron chi connectivity index (χ0n) is 5.78. The van der Waals surface area contributed by atoms with E-state index in [9.17, 15) is 0 Å². The van der Waals surface area contributed by atoms with Crippen LogP contribution in [-0.2, 0) is 0 Å². The van der Waals surface area contributed by atoms with Crippen LogP contribution >= 0.6 is 0 Å². The number of rotatable bonds is 2. The first kappa shape index (κ1) is 5.83. The standard InChI is InChI=1S/C7H14N/c1-7(2)6-8(3)4-5-8/h1,4-6H2,2-3H3/q+1. The lowest BCUT2D eigenvalue weighted by atomic mass is 10.3. The highest BCUT2D eigenvalue weighted by atomic mass is 15.4. The van der Waals surface area contributed by atoms with Crippen molar-refractivity contribution in [2.24, 2.45) is 0 Å². The maximum Gasteiger partial charge on any atom is 0.129 e. The van der Waals surface area contributed by atoms with Gasteiger partial charge in [-0.1, -0.05) is 6.58 Å². The van der Waals surface area contributed by atoms with Crippen LogP contribution in [0.4, 0.5) is 0 Å². The molecule has 0 aromatic heterocycles. The highest BCUT2D eigenvalue weighted by Crippen LogP contribution is 2.17. The molecule has 1 aliphatic heterocycles. The van der Waals surface area contributed by atoms with Gasteiger partial charge in [-0.25, -0.2) is 0 Å². The fourth-order valence-corrected chi connectivity index (χ4v) is 0.980. The van der Waals surface area contributed by atoms with Gasteiger partial charge in [0.1, 0.15) is 13.1 Å². The molecule has 1 nitrogen and oxygen atoms in total. The molecule has 1 rings (SSSR count). The SMILES string of the molecule is C=C(C)C[N+]1(C)CC1. The Balaban J connectivity index is 2.29.